The van der Waals surface area contributed by atoms with Crippen LogP contribution < -0.4 is 11.1 Å². The fraction of sp³-hybridized carbons (Fsp3) is 0.0769. The fourth-order valence-corrected chi connectivity index (χ4v) is 2.26. The summed E-state index contributed by atoms with van der Waals surface area (Å²) in [6.07, 6.45) is 1.53. The van der Waals surface area contributed by atoms with E-state index in [1.165, 1.54) is 6.20 Å². The highest BCUT2D eigenvalue weighted by Gasteiger charge is 2.09. The van der Waals surface area contributed by atoms with Crippen LogP contribution in [0, 0.1) is 18.3 Å². The molecule has 0 saturated heterocycles. The number of halogens is 2. The molecule has 0 spiro atoms. The fourth-order valence-electron chi connectivity index (χ4n) is 1.54. The van der Waals surface area contributed by atoms with Crippen LogP contribution in [0.1, 0.15) is 11.1 Å². The van der Waals surface area contributed by atoms with Crippen LogP contribution in [0.4, 0.5) is 17.2 Å². The first-order valence-corrected chi connectivity index (χ1v) is 6.57. The summed E-state index contributed by atoms with van der Waals surface area (Å²) in [5.41, 5.74) is 8.26. The first-order chi connectivity index (χ1) is 9.02. The van der Waals surface area contributed by atoms with Crippen molar-refractivity contribution in [2.24, 2.45) is 0 Å². The Labute approximate surface area is 124 Å². The van der Waals surface area contributed by atoms with Gasteiger partial charge in [0, 0.05) is 15.7 Å². The molecule has 2 aromatic rings. The van der Waals surface area contributed by atoms with Gasteiger partial charge < -0.3 is 11.1 Å². The third-order valence-corrected chi connectivity index (χ3v) is 3.68. The van der Waals surface area contributed by atoms with Crippen molar-refractivity contribution in [1.82, 2.24) is 4.98 Å². The molecule has 0 atom stereocenters. The minimum absolute atomic E-state index is 0.314. The smallest absolute Gasteiger partial charge is 0.154 e. The van der Waals surface area contributed by atoms with E-state index in [0.717, 1.165) is 15.7 Å². The van der Waals surface area contributed by atoms with Gasteiger partial charge >= 0.3 is 0 Å². The van der Waals surface area contributed by atoms with Crippen LogP contribution >= 0.6 is 27.5 Å². The summed E-state index contributed by atoms with van der Waals surface area (Å²) in [7, 11) is 0. The molecule has 1 aromatic heterocycles. The van der Waals surface area contributed by atoms with Gasteiger partial charge in [-0.15, -0.1) is 0 Å². The van der Waals surface area contributed by atoms with Crippen molar-refractivity contribution in [2.75, 3.05) is 11.1 Å². The molecule has 0 aliphatic carbocycles. The third-order valence-electron chi connectivity index (χ3n) is 2.61. The van der Waals surface area contributed by atoms with Crippen molar-refractivity contribution in [2.45, 2.75) is 6.92 Å². The van der Waals surface area contributed by atoms with Crippen molar-refractivity contribution in [1.29, 1.82) is 5.26 Å². The number of hydrogen-bond acceptors (Lipinski definition) is 4. The molecule has 4 nitrogen and oxygen atoms in total. The maximum absolute atomic E-state index is 8.93. The number of nitrogens with one attached hydrogen (secondary N) is 1. The summed E-state index contributed by atoms with van der Waals surface area (Å²) >= 11 is 9.53. The normalized spacial score (nSPS) is 10.0. The first kappa shape index (κ1) is 13.7. The van der Waals surface area contributed by atoms with Crippen LogP contribution in [0.2, 0.25) is 5.02 Å². The second kappa shape index (κ2) is 5.47. The summed E-state index contributed by atoms with van der Waals surface area (Å²) in [6.45, 7) is 1.92. The zero-order chi connectivity index (χ0) is 14.0. The van der Waals surface area contributed by atoms with Crippen molar-refractivity contribution in [3.05, 3.63) is 45.0 Å². The molecule has 0 unspecified atom stereocenters. The zero-order valence-electron chi connectivity index (χ0n) is 10.0. The molecule has 0 amide bonds. The van der Waals surface area contributed by atoms with Gasteiger partial charge in [0.05, 0.1) is 16.9 Å². The Balaban J connectivity index is 2.43. The van der Waals surface area contributed by atoms with Gasteiger partial charge in [-0.2, -0.15) is 5.26 Å². The number of benzene rings is 1. The van der Waals surface area contributed by atoms with Gasteiger partial charge in [-0.1, -0.05) is 11.6 Å². The van der Waals surface area contributed by atoms with Crippen LogP contribution in [0.15, 0.2) is 28.9 Å². The van der Waals surface area contributed by atoms with E-state index in [0.29, 0.717) is 22.1 Å². The van der Waals surface area contributed by atoms with E-state index in [1.54, 1.807) is 12.1 Å². The molecular weight excluding hydrogens is 328 g/mol. The van der Waals surface area contributed by atoms with Crippen molar-refractivity contribution < 1.29 is 0 Å². The van der Waals surface area contributed by atoms with Gasteiger partial charge in [0.15, 0.2) is 5.82 Å². The SMILES string of the molecule is Cc1cc(Br)c(Nc2nccc(C#N)c2N)cc1Cl. The molecule has 0 fully saturated rings. The molecule has 0 radical (unpaired) electrons. The lowest BCUT2D eigenvalue weighted by atomic mass is 10.2. The number of nitriles is 1. The molecular formula is C13H10BrClN4. The monoisotopic (exact) mass is 336 g/mol. The van der Waals surface area contributed by atoms with E-state index < -0.39 is 0 Å². The molecule has 6 heteroatoms. The number of nitrogens with two attached hydrogens (primary N) is 1. The highest BCUT2D eigenvalue weighted by atomic mass is 79.9. The van der Waals surface area contributed by atoms with Crippen LogP contribution in [-0.4, -0.2) is 4.98 Å². The summed E-state index contributed by atoms with van der Waals surface area (Å²) in [5.74, 6) is 0.430. The van der Waals surface area contributed by atoms with E-state index in [2.05, 4.69) is 26.2 Å². The maximum Gasteiger partial charge on any atom is 0.154 e. The van der Waals surface area contributed by atoms with E-state index in [-0.39, 0.29) is 0 Å². The summed E-state index contributed by atoms with van der Waals surface area (Å²) in [4.78, 5) is 4.12. The second-order valence-electron chi connectivity index (χ2n) is 3.94. The van der Waals surface area contributed by atoms with Gasteiger partial charge in [-0.3, -0.25) is 0 Å². The molecule has 0 bridgehead atoms. The number of nitrogens with zero attached hydrogens (tertiary/aromatic N) is 2. The lowest BCUT2D eigenvalue weighted by Crippen LogP contribution is -2.02. The van der Waals surface area contributed by atoms with Crippen LogP contribution in [0.5, 0.6) is 0 Å². The molecule has 3 N–H and O–H groups in total. The Bertz CT molecular complexity index is 679. The predicted molar refractivity (Wildman–Crippen MR) is 80.5 cm³/mol. The number of nitrogen functional groups attached to an aromatic ring is 1. The molecule has 19 heavy (non-hydrogen) atoms. The van der Waals surface area contributed by atoms with E-state index in [9.17, 15) is 0 Å². The van der Waals surface area contributed by atoms with Gasteiger partial charge in [-0.25, -0.2) is 4.98 Å². The average Bonchev–Trinajstić information content (AvgIpc) is 2.38. The lowest BCUT2D eigenvalue weighted by Gasteiger charge is -2.12. The summed E-state index contributed by atoms with van der Waals surface area (Å²) in [6, 6.07) is 7.26. The van der Waals surface area contributed by atoms with E-state index in [4.69, 9.17) is 22.6 Å². The quantitative estimate of drug-likeness (QED) is 0.868. The molecule has 2 rings (SSSR count). The topological polar surface area (TPSA) is 74.7 Å². The number of pyridine rings is 1. The standard InChI is InChI=1S/C13H10BrClN4/c1-7-4-9(14)11(5-10(7)15)19-13-12(17)8(6-16)2-3-18-13/h2-5H,17H2,1H3,(H,18,19). The number of aromatic nitrogens is 1. The zero-order valence-corrected chi connectivity index (χ0v) is 12.4. The largest absolute Gasteiger partial charge is 0.395 e. The maximum atomic E-state index is 8.93. The van der Waals surface area contributed by atoms with Crippen LogP contribution in [0.25, 0.3) is 0 Å². The van der Waals surface area contributed by atoms with Crippen molar-refractivity contribution >= 4 is 44.7 Å². The minimum atomic E-state index is 0.314. The lowest BCUT2D eigenvalue weighted by molar-refractivity contribution is 1.29. The molecule has 1 aromatic carbocycles. The Hall–Kier alpha value is -1.77. The molecule has 1 heterocycles. The molecule has 0 saturated carbocycles. The number of rotatable bonds is 2. The van der Waals surface area contributed by atoms with Crippen molar-refractivity contribution in [3.8, 4) is 6.07 Å². The van der Waals surface area contributed by atoms with Gasteiger partial charge in [-0.05, 0) is 46.6 Å². The Morgan fingerprint density at radius 2 is 2.21 bits per heavy atom. The molecule has 0 aliphatic rings. The average molecular weight is 338 g/mol. The summed E-state index contributed by atoms with van der Waals surface area (Å²) < 4.78 is 0.845. The van der Waals surface area contributed by atoms with Gasteiger partial charge in [0.2, 0.25) is 0 Å². The van der Waals surface area contributed by atoms with E-state index in [1.807, 2.05) is 19.1 Å². The van der Waals surface area contributed by atoms with Crippen molar-refractivity contribution in [3.63, 3.8) is 0 Å². The molecule has 96 valence electrons. The highest BCUT2D eigenvalue weighted by molar-refractivity contribution is 9.10. The van der Waals surface area contributed by atoms with E-state index >= 15 is 0 Å². The number of aryl methyl sites for hydroxylation is 1. The third kappa shape index (κ3) is 2.80. The predicted octanol–water partition coefficient (Wildman–Crippen LogP) is 4.00. The minimum Gasteiger partial charge on any atom is -0.395 e. The second-order valence-corrected chi connectivity index (χ2v) is 5.20. The Morgan fingerprint density at radius 1 is 1.47 bits per heavy atom. The number of anilines is 3. The Kier molecular flexibility index (Phi) is 3.93. The Morgan fingerprint density at radius 3 is 2.89 bits per heavy atom. The van der Waals surface area contributed by atoms with Gasteiger partial charge in [0.25, 0.3) is 0 Å². The van der Waals surface area contributed by atoms with Gasteiger partial charge in [0.1, 0.15) is 6.07 Å². The van der Waals surface area contributed by atoms with Crippen LogP contribution in [-0.2, 0) is 0 Å². The van der Waals surface area contributed by atoms with Crippen LogP contribution in [0.3, 0.4) is 0 Å². The number of hydrogen-bond donors (Lipinski definition) is 2. The highest BCUT2D eigenvalue weighted by Crippen LogP contribution is 2.32. The first-order valence-electron chi connectivity index (χ1n) is 5.40. The summed E-state index contributed by atoms with van der Waals surface area (Å²) in [5, 5.41) is 12.6. The molecule has 0 aliphatic heterocycles.